The minimum Gasteiger partial charge on any atom is -0.135 e. The number of benzene rings is 9. The average molecular weight is 709 g/mol. The molecule has 2 aromatic heterocycles. The number of thiophene rings is 2. The van der Waals surface area contributed by atoms with Crippen LogP contribution in [0.1, 0.15) is 25.0 Å². The number of hydrogen-bond donors (Lipinski definition) is 0. The molecule has 0 radical (unpaired) electrons. The van der Waals surface area contributed by atoms with E-state index in [-0.39, 0.29) is 5.41 Å². The van der Waals surface area contributed by atoms with Gasteiger partial charge in [-0.2, -0.15) is 0 Å². The Balaban J connectivity index is 1.07. The molecule has 2 heteroatoms. The van der Waals surface area contributed by atoms with E-state index in [1.807, 2.05) is 22.7 Å². The molecule has 248 valence electrons. The van der Waals surface area contributed by atoms with Crippen molar-refractivity contribution in [2.24, 2.45) is 0 Å². The third kappa shape index (κ3) is 4.05. The molecule has 0 fully saturated rings. The Labute approximate surface area is 315 Å². The van der Waals surface area contributed by atoms with Crippen LogP contribution in [0, 0.1) is 0 Å². The van der Waals surface area contributed by atoms with Gasteiger partial charge in [0.15, 0.2) is 0 Å². The van der Waals surface area contributed by atoms with Crippen molar-refractivity contribution in [1.82, 2.24) is 0 Å². The van der Waals surface area contributed by atoms with Gasteiger partial charge in [-0.15, -0.1) is 22.7 Å². The summed E-state index contributed by atoms with van der Waals surface area (Å²) in [6.07, 6.45) is 0. The normalized spacial score (nSPS) is 13.6. The molecule has 0 saturated carbocycles. The zero-order valence-electron chi connectivity index (χ0n) is 29.3. The second kappa shape index (κ2) is 10.6. The van der Waals surface area contributed by atoms with Gasteiger partial charge in [-0.05, 0) is 107 Å². The Morgan fingerprint density at radius 3 is 1.68 bits per heavy atom. The van der Waals surface area contributed by atoms with E-state index in [1.54, 1.807) is 0 Å². The lowest BCUT2D eigenvalue weighted by Crippen LogP contribution is -2.14. The van der Waals surface area contributed by atoms with Crippen LogP contribution < -0.4 is 0 Å². The highest BCUT2D eigenvalue weighted by atomic mass is 32.1. The van der Waals surface area contributed by atoms with Crippen molar-refractivity contribution in [3.8, 4) is 33.4 Å². The number of fused-ring (bicyclic) bond motifs is 13. The van der Waals surface area contributed by atoms with Gasteiger partial charge in [-0.25, -0.2) is 0 Å². The van der Waals surface area contributed by atoms with Crippen LogP contribution in [0.25, 0.3) is 106 Å². The molecule has 0 saturated heterocycles. The molecular formula is C51H32S2. The summed E-state index contributed by atoms with van der Waals surface area (Å²) in [5.41, 5.74) is 10.7. The fourth-order valence-corrected chi connectivity index (χ4v) is 12.0. The molecule has 0 atom stereocenters. The van der Waals surface area contributed by atoms with Crippen molar-refractivity contribution in [2.45, 2.75) is 19.3 Å². The van der Waals surface area contributed by atoms with Gasteiger partial charge in [0, 0.05) is 45.8 Å². The van der Waals surface area contributed by atoms with Crippen LogP contribution in [0.5, 0.6) is 0 Å². The van der Waals surface area contributed by atoms with E-state index >= 15 is 0 Å². The summed E-state index contributed by atoms with van der Waals surface area (Å²) in [6.45, 7) is 4.75. The number of rotatable bonds is 2. The Hall–Kier alpha value is -5.80. The molecule has 1 aliphatic rings. The lowest BCUT2D eigenvalue weighted by molar-refractivity contribution is 0.660. The lowest BCUT2D eigenvalue weighted by atomic mass is 9.80. The molecule has 9 aromatic carbocycles. The first-order valence-corrected chi connectivity index (χ1v) is 20.1. The first-order chi connectivity index (χ1) is 26.0. The maximum Gasteiger partial charge on any atom is 0.0370 e. The van der Waals surface area contributed by atoms with E-state index in [2.05, 4.69) is 172 Å². The van der Waals surface area contributed by atoms with Crippen molar-refractivity contribution in [3.63, 3.8) is 0 Å². The topological polar surface area (TPSA) is 0 Å². The summed E-state index contributed by atoms with van der Waals surface area (Å²) in [5.74, 6) is 0. The molecule has 1 aliphatic carbocycles. The van der Waals surface area contributed by atoms with E-state index < -0.39 is 0 Å². The van der Waals surface area contributed by atoms with E-state index in [1.165, 1.54) is 117 Å². The van der Waals surface area contributed by atoms with Crippen molar-refractivity contribution in [1.29, 1.82) is 0 Å². The van der Waals surface area contributed by atoms with E-state index in [9.17, 15) is 0 Å². The third-order valence-electron chi connectivity index (χ3n) is 12.0. The van der Waals surface area contributed by atoms with Gasteiger partial charge in [0.2, 0.25) is 0 Å². The van der Waals surface area contributed by atoms with E-state index in [0.717, 1.165) is 0 Å². The molecular weight excluding hydrogens is 677 g/mol. The molecule has 0 spiro atoms. The Bertz CT molecular complexity index is 3310. The smallest absolute Gasteiger partial charge is 0.0370 e. The standard InChI is InChI=1S/C51H32S2/c1-51(2)42-18-10-9-13-33(42)34-22-19-30(25-43(34)51)48-36-14-5-7-16-38(36)49(39-17-8-6-15-37(39)48)31-20-23-35-40-27-41-47(28-46(40)53-45(35)26-31)52-44-24-21-29-11-3-4-12-32(29)50(41)44/h3-28H,1-2H3. The Kier molecular flexibility index (Phi) is 5.97. The maximum atomic E-state index is 2.48. The molecule has 11 aromatic rings. The van der Waals surface area contributed by atoms with Gasteiger partial charge in [-0.1, -0.05) is 141 Å². The van der Waals surface area contributed by atoms with Crippen LogP contribution >= 0.6 is 22.7 Å². The van der Waals surface area contributed by atoms with Gasteiger partial charge in [0.25, 0.3) is 0 Å². The molecule has 0 amide bonds. The van der Waals surface area contributed by atoms with Gasteiger partial charge >= 0.3 is 0 Å². The van der Waals surface area contributed by atoms with Gasteiger partial charge in [0.05, 0.1) is 0 Å². The largest absolute Gasteiger partial charge is 0.135 e. The summed E-state index contributed by atoms with van der Waals surface area (Å²) in [4.78, 5) is 0. The van der Waals surface area contributed by atoms with Crippen LogP contribution in [0.2, 0.25) is 0 Å². The quantitative estimate of drug-likeness (QED) is 0.157. The summed E-state index contributed by atoms with van der Waals surface area (Å²) >= 11 is 3.84. The highest BCUT2D eigenvalue weighted by Crippen LogP contribution is 2.52. The van der Waals surface area contributed by atoms with Gasteiger partial charge < -0.3 is 0 Å². The molecule has 53 heavy (non-hydrogen) atoms. The summed E-state index contributed by atoms with van der Waals surface area (Å²) in [6, 6.07) is 59.7. The molecule has 0 nitrogen and oxygen atoms in total. The Morgan fingerprint density at radius 2 is 0.925 bits per heavy atom. The maximum absolute atomic E-state index is 2.48. The zero-order chi connectivity index (χ0) is 35.0. The second-order valence-corrected chi connectivity index (χ2v) is 17.4. The van der Waals surface area contributed by atoms with Crippen molar-refractivity contribution >= 4 is 95.3 Å². The van der Waals surface area contributed by atoms with Crippen LogP contribution in [-0.4, -0.2) is 0 Å². The molecule has 2 heterocycles. The molecule has 0 aliphatic heterocycles. The fraction of sp³-hybridized carbons (Fsp3) is 0.0588. The predicted octanol–water partition coefficient (Wildman–Crippen LogP) is 15.5. The minimum absolute atomic E-state index is 0.0524. The van der Waals surface area contributed by atoms with Crippen LogP contribution in [-0.2, 0) is 5.41 Å². The molecule has 0 bridgehead atoms. The van der Waals surface area contributed by atoms with Gasteiger partial charge in [0.1, 0.15) is 0 Å². The van der Waals surface area contributed by atoms with Crippen LogP contribution in [0.4, 0.5) is 0 Å². The molecule has 0 N–H and O–H groups in total. The number of hydrogen-bond acceptors (Lipinski definition) is 2. The van der Waals surface area contributed by atoms with Crippen molar-refractivity contribution in [2.75, 3.05) is 0 Å². The first-order valence-electron chi connectivity index (χ1n) is 18.4. The highest BCUT2D eigenvalue weighted by molar-refractivity contribution is 7.28. The third-order valence-corrected chi connectivity index (χ3v) is 14.3. The summed E-state index contributed by atoms with van der Waals surface area (Å²) in [7, 11) is 0. The molecule has 12 rings (SSSR count). The second-order valence-electron chi connectivity index (χ2n) is 15.2. The predicted molar refractivity (Wildman–Crippen MR) is 233 cm³/mol. The SMILES string of the molecule is CC1(C)c2ccccc2-c2ccc(-c3c4ccccc4c(-c4ccc5c(c4)sc4cc6sc7ccc8ccccc8c7c6cc45)c4ccccc34)cc21. The van der Waals surface area contributed by atoms with E-state index in [4.69, 9.17) is 0 Å². The lowest BCUT2D eigenvalue weighted by Gasteiger charge is -2.23. The summed E-state index contributed by atoms with van der Waals surface area (Å²) in [5, 5.41) is 13.3. The van der Waals surface area contributed by atoms with Crippen LogP contribution in [0.15, 0.2) is 158 Å². The minimum atomic E-state index is -0.0524. The summed E-state index contributed by atoms with van der Waals surface area (Å²) < 4.78 is 5.41. The molecule has 0 unspecified atom stereocenters. The fourth-order valence-electron chi connectivity index (χ4n) is 9.58. The average Bonchev–Trinajstić information content (AvgIpc) is 3.82. The van der Waals surface area contributed by atoms with Crippen LogP contribution in [0.3, 0.4) is 0 Å². The Morgan fingerprint density at radius 1 is 0.358 bits per heavy atom. The highest BCUT2D eigenvalue weighted by Gasteiger charge is 2.35. The van der Waals surface area contributed by atoms with Gasteiger partial charge in [-0.3, -0.25) is 0 Å². The van der Waals surface area contributed by atoms with Crippen molar-refractivity contribution in [3.05, 3.63) is 169 Å². The van der Waals surface area contributed by atoms with E-state index in [0.29, 0.717) is 0 Å². The zero-order valence-corrected chi connectivity index (χ0v) is 31.0. The monoisotopic (exact) mass is 708 g/mol. The first kappa shape index (κ1) is 29.7. The van der Waals surface area contributed by atoms with Crippen molar-refractivity contribution < 1.29 is 0 Å².